The number of carbonyl (C=O) groups excluding carboxylic acids is 1. The molecule has 0 bridgehead atoms. The van der Waals surface area contributed by atoms with Crippen molar-refractivity contribution in [3.05, 3.63) is 56.6 Å². The summed E-state index contributed by atoms with van der Waals surface area (Å²) in [6.07, 6.45) is -8.02. The second kappa shape index (κ2) is 11.8. The summed E-state index contributed by atoms with van der Waals surface area (Å²) in [7, 11) is 0. The molecule has 0 radical (unpaired) electrons. The molecule has 0 spiro atoms. The molecule has 1 fully saturated rings. The van der Waals surface area contributed by atoms with Crippen molar-refractivity contribution in [3.63, 3.8) is 0 Å². The number of rotatable bonds is 9. The van der Waals surface area contributed by atoms with Crippen molar-refractivity contribution >= 4 is 40.0 Å². The third-order valence-corrected chi connectivity index (χ3v) is 6.79. The van der Waals surface area contributed by atoms with Crippen LogP contribution in [0.15, 0.2) is 23.1 Å². The van der Waals surface area contributed by atoms with Crippen LogP contribution in [0, 0.1) is 17.5 Å². The summed E-state index contributed by atoms with van der Waals surface area (Å²) >= 11 is 6.47. The quantitative estimate of drug-likeness (QED) is 0.144. The highest BCUT2D eigenvalue weighted by Gasteiger charge is 2.33. The fraction of sp³-hybridized carbons (Fsp3) is 0.375. The van der Waals surface area contributed by atoms with E-state index in [1.807, 2.05) is 0 Å². The number of nitrogen functional groups attached to an aromatic ring is 1. The fourth-order valence-electron chi connectivity index (χ4n) is 4.19. The molecule has 0 aliphatic carbocycles. The number of fused-ring (bicyclic) bond motifs is 1. The molecule has 3 heterocycles. The average Bonchev–Trinajstić information content (AvgIpc) is 2.91. The molecule has 4 rings (SSSR count). The molecular formula is C24H24ClF3N4O9. The van der Waals surface area contributed by atoms with Gasteiger partial charge in [-0.1, -0.05) is 11.6 Å². The van der Waals surface area contributed by atoms with Gasteiger partial charge in [0.05, 0.1) is 34.3 Å². The van der Waals surface area contributed by atoms with E-state index in [9.17, 15) is 43.9 Å². The molecule has 3 aromatic rings. The second-order valence-corrected chi connectivity index (χ2v) is 9.65. The first-order valence-electron chi connectivity index (χ1n) is 11.9. The Morgan fingerprint density at radius 1 is 1.10 bits per heavy atom. The van der Waals surface area contributed by atoms with Gasteiger partial charge in [0, 0.05) is 25.4 Å². The van der Waals surface area contributed by atoms with Gasteiger partial charge >= 0.3 is 5.97 Å². The Kier molecular flexibility index (Phi) is 8.74. The molecule has 0 amide bonds. The monoisotopic (exact) mass is 604 g/mol. The lowest BCUT2D eigenvalue weighted by Crippen LogP contribution is -2.51. The van der Waals surface area contributed by atoms with Gasteiger partial charge in [0.2, 0.25) is 5.43 Å². The van der Waals surface area contributed by atoms with Gasteiger partial charge in [-0.3, -0.25) is 9.36 Å². The summed E-state index contributed by atoms with van der Waals surface area (Å²) in [5.41, 5.74) is 2.89. The van der Waals surface area contributed by atoms with Crippen molar-refractivity contribution in [2.24, 2.45) is 0 Å². The number of hydrogen-bond acceptors (Lipinski definition) is 12. The Morgan fingerprint density at radius 2 is 1.73 bits per heavy atom. The molecule has 8 N–H and O–H groups in total. The predicted molar refractivity (Wildman–Crippen MR) is 136 cm³/mol. The van der Waals surface area contributed by atoms with Crippen molar-refractivity contribution in [1.82, 2.24) is 9.55 Å². The minimum atomic E-state index is -2.09. The highest BCUT2D eigenvalue weighted by Crippen LogP contribution is 2.38. The smallest absolute Gasteiger partial charge is 0.343 e. The van der Waals surface area contributed by atoms with Crippen molar-refractivity contribution < 1.29 is 53.3 Å². The molecule has 1 saturated heterocycles. The van der Waals surface area contributed by atoms with Crippen LogP contribution < -0.4 is 16.1 Å². The van der Waals surface area contributed by atoms with Gasteiger partial charge in [-0.15, -0.1) is 0 Å². The van der Waals surface area contributed by atoms with Crippen LogP contribution in [0.25, 0.3) is 16.7 Å². The van der Waals surface area contributed by atoms with E-state index in [0.717, 1.165) is 10.8 Å². The third kappa shape index (κ3) is 5.67. The molecule has 0 saturated carbocycles. The summed E-state index contributed by atoms with van der Waals surface area (Å²) in [4.78, 5) is 31.1. The van der Waals surface area contributed by atoms with Crippen LogP contribution in [0.5, 0.6) is 0 Å². The molecule has 1 aliphatic rings. The maximum absolute atomic E-state index is 15.2. The third-order valence-electron chi connectivity index (χ3n) is 6.43. The topological polar surface area (TPSA) is 212 Å². The second-order valence-electron chi connectivity index (χ2n) is 9.28. The summed E-state index contributed by atoms with van der Waals surface area (Å²) in [6, 6.07) is 1.10. The van der Waals surface area contributed by atoms with Gasteiger partial charge < -0.3 is 46.0 Å². The molecule has 1 aromatic carbocycles. The first-order valence-corrected chi connectivity index (χ1v) is 12.3. The maximum Gasteiger partial charge on any atom is 0.343 e. The number of nitrogens with zero attached hydrogens (tertiary/aromatic N) is 3. The van der Waals surface area contributed by atoms with E-state index in [1.165, 1.54) is 4.90 Å². The summed E-state index contributed by atoms with van der Waals surface area (Å²) < 4.78 is 49.6. The van der Waals surface area contributed by atoms with Crippen LogP contribution in [0.2, 0.25) is 5.02 Å². The number of aliphatic hydroxyl groups is 6. The van der Waals surface area contributed by atoms with E-state index in [2.05, 4.69) is 4.98 Å². The minimum absolute atomic E-state index is 0.00883. The van der Waals surface area contributed by atoms with Gasteiger partial charge in [-0.05, 0) is 6.07 Å². The summed E-state index contributed by atoms with van der Waals surface area (Å²) in [5.74, 6) is -6.51. The molecule has 17 heteroatoms. The van der Waals surface area contributed by atoms with Gasteiger partial charge in [0.25, 0.3) is 0 Å². The lowest BCUT2D eigenvalue weighted by molar-refractivity contribution is -0.124. The predicted octanol–water partition coefficient (Wildman–Crippen LogP) is -1.19. The van der Waals surface area contributed by atoms with Crippen molar-refractivity contribution in [1.29, 1.82) is 0 Å². The zero-order chi connectivity index (χ0) is 30.3. The molecular weight excluding hydrogens is 581 g/mol. The van der Waals surface area contributed by atoms with E-state index in [-0.39, 0.29) is 24.3 Å². The van der Waals surface area contributed by atoms with Gasteiger partial charge in [-0.2, -0.15) is 0 Å². The van der Waals surface area contributed by atoms with Crippen molar-refractivity contribution in [2.75, 3.05) is 36.9 Å². The number of β-amino-alcohol motifs (C(OH)–C–C–N with tert-alkyl or cyclic N) is 1. The number of ether oxygens (including phenoxy) is 1. The number of esters is 1. The minimum Gasteiger partial charge on any atom is -0.459 e. The zero-order valence-electron chi connectivity index (χ0n) is 20.8. The normalized spacial score (nSPS) is 16.8. The standard InChI is InChI=1S/C24H24ClF3N4O9/c25-16-17-9(1-11(26)18(16)31-3-8(34)4-31)19(37)10(5-32(17)23-13(28)2-12(27)22(29)30-23)24(40)41-7-15(36)21(39)20(38)14(35)6-33/h1-2,5,8,14-15,20-21,33-36,38-39H,3-4,6-7H2,(H2,29,30)/t14-,15+,20-,21-/m1/s1. The Balaban J connectivity index is 1.83. The molecule has 1 aliphatic heterocycles. The fourth-order valence-corrected chi connectivity index (χ4v) is 4.59. The number of aliphatic hydroxyl groups excluding tert-OH is 6. The highest BCUT2D eigenvalue weighted by molar-refractivity contribution is 6.38. The molecule has 222 valence electrons. The SMILES string of the molecule is Nc1nc(-n2cc(C(=O)OC[C@H](O)[C@@H](O)[C@H](O)[C@H](O)CO)c(=O)c3cc(F)c(N4CC(O)C4)c(Cl)c32)c(F)cc1F. The Labute approximate surface area is 233 Å². The van der Waals surface area contributed by atoms with Crippen molar-refractivity contribution in [2.45, 2.75) is 30.5 Å². The number of hydrogen-bond donors (Lipinski definition) is 7. The number of carbonyl (C=O) groups is 1. The maximum atomic E-state index is 15.2. The number of aromatic nitrogens is 2. The number of pyridine rings is 2. The van der Waals surface area contributed by atoms with E-state index < -0.39 is 100 Å². The van der Waals surface area contributed by atoms with Crippen LogP contribution in [-0.4, -0.2) is 103 Å². The van der Waals surface area contributed by atoms with Crippen LogP contribution in [0.1, 0.15) is 10.4 Å². The summed E-state index contributed by atoms with van der Waals surface area (Å²) in [6.45, 7) is -2.01. The van der Waals surface area contributed by atoms with E-state index in [4.69, 9.17) is 27.2 Å². The number of nitrogens with two attached hydrogens (primary N) is 1. The lowest BCUT2D eigenvalue weighted by Gasteiger charge is -2.38. The Bertz CT molecular complexity index is 1550. The average molecular weight is 605 g/mol. The first kappa shape index (κ1) is 30.4. The molecule has 0 unspecified atom stereocenters. The van der Waals surface area contributed by atoms with E-state index in [1.54, 1.807) is 0 Å². The van der Waals surface area contributed by atoms with Crippen LogP contribution in [0.3, 0.4) is 0 Å². The van der Waals surface area contributed by atoms with E-state index >= 15 is 4.39 Å². The van der Waals surface area contributed by atoms with Crippen LogP contribution in [-0.2, 0) is 4.74 Å². The zero-order valence-corrected chi connectivity index (χ0v) is 21.5. The number of anilines is 2. The van der Waals surface area contributed by atoms with Gasteiger partial charge in [0.15, 0.2) is 23.3 Å². The van der Waals surface area contributed by atoms with Crippen LogP contribution >= 0.6 is 11.6 Å². The molecule has 41 heavy (non-hydrogen) atoms. The summed E-state index contributed by atoms with van der Waals surface area (Å²) in [5, 5.41) is 56.6. The highest BCUT2D eigenvalue weighted by atomic mass is 35.5. The van der Waals surface area contributed by atoms with Gasteiger partial charge in [0.1, 0.15) is 42.4 Å². The number of benzene rings is 1. The largest absolute Gasteiger partial charge is 0.459 e. The Morgan fingerprint density at radius 3 is 2.34 bits per heavy atom. The molecule has 4 atom stereocenters. The first-order chi connectivity index (χ1) is 19.3. The van der Waals surface area contributed by atoms with Gasteiger partial charge in [-0.25, -0.2) is 22.9 Å². The number of halogens is 4. The Hall–Kier alpha value is -3.51. The lowest BCUT2D eigenvalue weighted by atomic mass is 10.0. The van der Waals surface area contributed by atoms with Crippen LogP contribution in [0.4, 0.5) is 24.7 Å². The van der Waals surface area contributed by atoms with E-state index in [0.29, 0.717) is 12.1 Å². The van der Waals surface area contributed by atoms with Crippen molar-refractivity contribution in [3.8, 4) is 5.82 Å². The molecule has 13 nitrogen and oxygen atoms in total. The molecule has 2 aromatic heterocycles.